The molecule has 0 bridgehead atoms. The van der Waals surface area contributed by atoms with Crippen molar-refractivity contribution >= 4 is 11.8 Å². The van der Waals surface area contributed by atoms with Crippen LogP contribution < -0.4 is 10.6 Å². The zero-order valence-corrected chi connectivity index (χ0v) is 12.7. The Morgan fingerprint density at radius 3 is 2.90 bits per heavy atom. The topological polar surface area (TPSA) is 70.1 Å². The number of rotatable bonds is 5. The molecule has 1 saturated carbocycles. The lowest BCUT2D eigenvalue weighted by Crippen LogP contribution is -2.46. The van der Waals surface area contributed by atoms with Gasteiger partial charge in [0.25, 0.3) is 0 Å². The lowest BCUT2D eigenvalue weighted by molar-refractivity contribution is 0.149. The van der Waals surface area contributed by atoms with Gasteiger partial charge in [0.1, 0.15) is 5.82 Å². The monoisotopic (exact) mass is 278 g/mol. The van der Waals surface area contributed by atoms with Crippen molar-refractivity contribution in [1.29, 1.82) is 0 Å². The van der Waals surface area contributed by atoms with E-state index in [2.05, 4.69) is 27.5 Å². The van der Waals surface area contributed by atoms with Crippen molar-refractivity contribution in [3.63, 3.8) is 0 Å². The highest BCUT2D eigenvalue weighted by Gasteiger charge is 2.34. The Labute approximate surface area is 121 Å². The van der Waals surface area contributed by atoms with Crippen molar-refractivity contribution in [2.45, 2.75) is 52.0 Å². The van der Waals surface area contributed by atoms with E-state index in [0.29, 0.717) is 11.9 Å². The van der Waals surface area contributed by atoms with Gasteiger partial charge >= 0.3 is 0 Å². The van der Waals surface area contributed by atoms with Crippen LogP contribution in [0.4, 0.5) is 11.8 Å². The van der Waals surface area contributed by atoms with Crippen molar-refractivity contribution in [2.75, 3.05) is 23.8 Å². The second-order valence-electron chi connectivity index (χ2n) is 6.01. The van der Waals surface area contributed by atoms with Gasteiger partial charge in [-0.1, -0.05) is 19.8 Å². The van der Waals surface area contributed by atoms with E-state index in [-0.39, 0.29) is 12.1 Å². The number of aliphatic hydroxyl groups is 1. The van der Waals surface area contributed by atoms with Crippen molar-refractivity contribution in [2.24, 2.45) is 5.92 Å². The molecule has 1 aliphatic rings. The molecule has 0 saturated heterocycles. The van der Waals surface area contributed by atoms with Crippen LogP contribution in [0.3, 0.4) is 0 Å². The average molecular weight is 278 g/mol. The predicted octanol–water partition coefficient (Wildman–Crippen LogP) is 2.57. The lowest BCUT2D eigenvalue weighted by atomic mass is 9.77. The van der Waals surface area contributed by atoms with E-state index in [0.717, 1.165) is 37.3 Å². The fourth-order valence-electron chi connectivity index (χ4n) is 3.10. The maximum Gasteiger partial charge on any atom is 0.224 e. The Bertz CT molecular complexity index is 451. The molecular weight excluding hydrogens is 252 g/mol. The van der Waals surface area contributed by atoms with E-state index < -0.39 is 0 Å². The van der Waals surface area contributed by atoms with Crippen molar-refractivity contribution in [3.8, 4) is 0 Å². The van der Waals surface area contributed by atoms with Crippen LogP contribution in [-0.4, -0.2) is 33.8 Å². The van der Waals surface area contributed by atoms with E-state index in [1.807, 2.05) is 19.9 Å². The Morgan fingerprint density at radius 2 is 2.25 bits per heavy atom. The fourth-order valence-corrected chi connectivity index (χ4v) is 3.10. The first-order valence-corrected chi connectivity index (χ1v) is 7.55. The summed E-state index contributed by atoms with van der Waals surface area (Å²) in [7, 11) is 0. The average Bonchev–Trinajstić information content (AvgIpc) is 2.38. The van der Waals surface area contributed by atoms with Crippen LogP contribution in [0, 0.1) is 12.8 Å². The van der Waals surface area contributed by atoms with Gasteiger partial charge in [-0.25, -0.2) is 4.98 Å². The number of aliphatic hydroxyl groups excluding tert-OH is 1. The van der Waals surface area contributed by atoms with Gasteiger partial charge in [-0.2, -0.15) is 4.98 Å². The molecule has 1 aliphatic carbocycles. The molecule has 112 valence electrons. The summed E-state index contributed by atoms with van der Waals surface area (Å²) in [6.45, 7) is 7.18. The molecular formula is C15H26N4O. The number of hydrogen-bond acceptors (Lipinski definition) is 5. The van der Waals surface area contributed by atoms with E-state index in [4.69, 9.17) is 0 Å². The number of nitrogens with zero attached hydrogens (tertiary/aromatic N) is 2. The highest BCUT2D eigenvalue weighted by molar-refractivity contribution is 5.44. The van der Waals surface area contributed by atoms with Crippen LogP contribution in [0.15, 0.2) is 6.07 Å². The zero-order valence-electron chi connectivity index (χ0n) is 12.7. The number of hydrogen-bond donors (Lipinski definition) is 3. The molecule has 0 spiro atoms. The fraction of sp³-hybridized carbons (Fsp3) is 0.733. The molecule has 5 heteroatoms. The standard InChI is InChI=1S/C15H26N4O/c1-4-16-14-17-12(3)8-13(18-14)19-15(10-20)7-5-6-11(2)9-15/h8,11,20H,4-7,9-10H2,1-3H3,(H2,16,17,18,19). The SMILES string of the molecule is CCNc1nc(C)cc(NC2(CO)CCCC(C)C2)n1. The van der Waals surface area contributed by atoms with Crippen molar-refractivity contribution < 1.29 is 5.11 Å². The van der Waals surface area contributed by atoms with Gasteiger partial charge in [0.2, 0.25) is 5.95 Å². The Balaban J connectivity index is 2.18. The molecule has 0 aromatic carbocycles. The Morgan fingerprint density at radius 1 is 1.45 bits per heavy atom. The molecule has 0 radical (unpaired) electrons. The maximum atomic E-state index is 9.84. The summed E-state index contributed by atoms with van der Waals surface area (Å²) >= 11 is 0. The molecule has 1 heterocycles. The van der Waals surface area contributed by atoms with Crippen molar-refractivity contribution in [1.82, 2.24) is 9.97 Å². The highest BCUT2D eigenvalue weighted by Crippen LogP contribution is 2.34. The number of aromatic nitrogens is 2. The van der Waals surface area contributed by atoms with Gasteiger partial charge in [0.05, 0.1) is 12.1 Å². The summed E-state index contributed by atoms with van der Waals surface area (Å²) in [4.78, 5) is 8.85. The largest absolute Gasteiger partial charge is 0.394 e. The summed E-state index contributed by atoms with van der Waals surface area (Å²) in [6.07, 6.45) is 4.38. The number of anilines is 2. The Kier molecular flexibility index (Phi) is 4.81. The third-order valence-corrected chi connectivity index (χ3v) is 3.98. The first-order chi connectivity index (χ1) is 9.57. The van der Waals surface area contributed by atoms with Gasteiger partial charge in [0.15, 0.2) is 0 Å². The van der Waals surface area contributed by atoms with Gasteiger partial charge < -0.3 is 15.7 Å². The zero-order chi connectivity index (χ0) is 14.6. The van der Waals surface area contributed by atoms with E-state index in [9.17, 15) is 5.11 Å². The van der Waals surface area contributed by atoms with E-state index in [1.54, 1.807) is 0 Å². The molecule has 2 rings (SSSR count). The van der Waals surface area contributed by atoms with Crippen molar-refractivity contribution in [3.05, 3.63) is 11.8 Å². The summed E-state index contributed by atoms with van der Waals surface area (Å²) in [5.41, 5.74) is 0.692. The molecule has 2 unspecified atom stereocenters. The Hall–Kier alpha value is -1.36. The van der Waals surface area contributed by atoms with Crippen LogP contribution in [0.25, 0.3) is 0 Å². The van der Waals surface area contributed by atoms with E-state index in [1.165, 1.54) is 6.42 Å². The van der Waals surface area contributed by atoms with E-state index >= 15 is 0 Å². The van der Waals surface area contributed by atoms with Gasteiger partial charge in [-0.3, -0.25) is 0 Å². The van der Waals surface area contributed by atoms with Crippen LogP contribution in [0.5, 0.6) is 0 Å². The smallest absolute Gasteiger partial charge is 0.224 e. The summed E-state index contributed by atoms with van der Waals surface area (Å²) in [5, 5.41) is 16.5. The first kappa shape index (κ1) is 15.0. The molecule has 1 aromatic rings. The van der Waals surface area contributed by atoms with Crippen LogP contribution in [-0.2, 0) is 0 Å². The molecule has 3 N–H and O–H groups in total. The van der Waals surface area contributed by atoms with Crippen LogP contribution in [0.1, 0.15) is 45.2 Å². The molecule has 1 fully saturated rings. The minimum absolute atomic E-state index is 0.150. The minimum atomic E-state index is -0.234. The third kappa shape index (κ3) is 3.60. The van der Waals surface area contributed by atoms with Crippen LogP contribution in [0.2, 0.25) is 0 Å². The first-order valence-electron chi connectivity index (χ1n) is 7.55. The quantitative estimate of drug-likeness (QED) is 0.772. The summed E-state index contributed by atoms with van der Waals surface area (Å²) in [5.74, 6) is 2.09. The normalized spacial score (nSPS) is 26.3. The molecule has 2 atom stereocenters. The van der Waals surface area contributed by atoms with Gasteiger partial charge in [0, 0.05) is 18.3 Å². The van der Waals surface area contributed by atoms with Crippen LogP contribution >= 0.6 is 0 Å². The maximum absolute atomic E-state index is 9.84. The molecule has 0 aliphatic heterocycles. The predicted molar refractivity (Wildman–Crippen MR) is 82.0 cm³/mol. The van der Waals surface area contributed by atoms with Gasteiger partial charge in [-0.05, 0) is 32.6 Å². The molecule has 0 amide bonds. The second-order valence-corrected chi connectivity index (χ2v) is 6.01. The third-order valence-electron chi connectivity index (χ3n) is 3.98. The highest BCUT2D eigenvalue weighted by atomic mass is 16.3. The second kappa shape index (κ2) is 6.39. The number of nitrogens with one attached hydrogen (secondary N) is 2. The summed E-state index contributed by atoms with van der Waals surface area (Å²) < 4.78 is 0. The summed E-state index contributed by atoms with van der Waals surface area (Å²) in [6, 6.07) is 1.94. The molecule has 5 nitrogen and oxygen atoms in total. The molecule has 1 aromatic heterocycles. The molecule has 20 heavy (non-hydrogen) atoms. The minimum Gasteiger partial charge on any atom is -0.394 e. The van der Waals surface area contributed by atoms with Gasteiger partial charge in [-0.15, -0.1) is 0 Å². The number of aryl methyl sites for hydroxylation is 1. The lowest BCUT2D eigenvalue weighted by Gasteiger charge is -2.39.